The number of thioether (sulfide) groups is 1. The number of nitrogens with zero attached hydrogens (tertiary/aromatic N) is 6. The lowest BCUT2D eigenvalue weighted by Gasteiger charge is -2.49. The van der Waals surface area contributed by atoms with E-state index in [1.807, 2.05) is 18.5 Å². The maximum Gasteiger partial charge on any atom is 0.352 e. The first-order valence-corrected chi connectivity index (χ1v) is 14.6. The van der Waals surface area contributed by atoms with Crippen molar-refractivity contribution in [1.82, 2.24) is 24.6 Å². The molecule has 1 saturated heterocycles. The number of rotatable bonds is 12. The SMILES string of the molecule is Cc1ncsc1C[N+](C)(C)CC=CC1=C(C(=O)O)N2C(=O)[C@@H](NC(=O)C=NOCC(F)c3nsc(N)n3)[C@@H]2SC1. The van der Waals surface area contributed by atoms with Crippen LogP contribution in [0.15, 0.2) is 34.1 Å². The minimum atomic E-state index is -1.67. The van der Waals surface area contributed by atoms with Gasteiger partial charge in [0.2, 0.25) is 0 Å². The van der Waals surface area contributed by atoms with Gasteiger partial charge in [-0.1, -0.05) is 11.2 Å². The Kier molecular flexibility index (Phi) is 9.17. The molecule has 2 aliphatic heterocycles. The van der Waals surface area contributed by atoms with Crippen molar-refractivity contribution in [3.05, 3.63) is 45.3 Å². The number of carbonyl (C=O) groups excluding carboxylic acids is 2. The molecule has 17 heteroatoms. The van der Waals surface area contributed by atoms with Crippen molar-refractivity contribution >= 4 is 63.8 Å². The van der Waals surface area contributed by atoms with Crippen LogP contribution in [0.4, 0.5) is 9.52 Å². The molecule has 4 heterocycles. The fourth-order valence-electron chi connectivity index (χ4n) is 4.02. The Morgan fingerprint density at radius 3 is 2.88 bits per heavy atom. The van der Waals surface area contributed by atoms with Crippen molar-refractivity contribution in [2.24, 2.45) is 5.16 Å². The Bertz CT molecular complexity index is 1370. The van der Waals surface area contributed by atoms with Gasteiger partial charge >= 0.3 is 5.97 Å². The molecule has 214 valence electrons. The number of β-lactam (4-membered cyclic amide) rings is 1. The van der Waals surface area contributed by atoms with Crippen LogP contribution in [0, 0.1) is 6.92 Å². The quantitative estimate of drug-likeness (QED) is 0.138. The number of nitrogens with one attached hydrogen (secondary N) is 1. The average Bonchev–Trinajstić information content (AvgIpc) is 3.51. The molecular formula is C23H28FN8O5S3+. The minimum absolute atomic E-state index is 0.0959. The molecule has 2 amide bonds. The van der Waals surface area contributed by atoms with Crippen molar-refractivity contribution < 1.29 is 33.2 Å². The molecule has 0 radical (unpaired) electrons. The summed E-state index contributed by atoms with van der Waals surface area (Å²) in [6.07, 6.45) is 2.76. The van der Waals surface area contributed by atoms with Gasteiger partial charge in [0.15, 0.2) is 23.7 Å². The molecule has 40 heavy (non-hydrogen) atoms. The number of nitrogens with two attached hydrogens (primary N) is 1. The Morgan fingerprint density at radius 2 is 2.23 bits per heavy atom. The zero-order chi connectivity index (χ0) is 29.0. The second-order valence-electron chi connectivity index (χ2n) is 9.60. The number of allylic oxidation sites excluding steroid dienone is 1. The summed E-state index contributed by atoms with van der Waals surface area (Å²) in [5, 5.41) is 15.3. The van der Waals surface area contributed by atoms with E-state index in [2.05, 4.69) is 38.9 Å². The number of carbonyl (C=O) groups is 3. The van der Waals surface area contributed by atoms with Crippen molar-refractivity contribution in [1.29, 1.82) is 0 Å². The zero-order valence-corrected chi connectivity index (χ0v) is 24.3. The number of oxime groups is 1. The van der Waals surface area contributed by atoms with Crippen LogP contribution in [0.1, 0.15) is 22.6 Å². The summed E-state index contributed by atoms with van der Waals surface area (Å²) in [6, 6.07) is -0.932. The Labute approximate surface area is 241 Å². The molecule has 4 rings (SSSR count). The van der Waals surface area contributed by atoms with Crippen molar-refractivity contribution in [3.63, 3.8) is 0 Å². The van der Waals surface area contributed by atoms with Crippen LogP contribution in [0.2, 0.25) is 0 Å². The largest absolute Gasteiger partial charge is 0.477 e. The number of carboxylic acids is 1. The number of aryl methyl sites for hydroxylation is 1. The van der Waals surface area contributed by atoms with E-state index in [0.717, 1.165) is 30.0 Å². The molecule has 0 saturated carbocycles. The maximum atomic E-state index is 14.0. The van der Waals surface area contributed by atoms with Gasteiger partial charge in [-0.05, 0) is 18.6 Å². The van der Waals surface area contributed by atoms with Gasteiger partial charge in [0.1, 0.15) is 29.9 Å². The number of alkyl halides is 1. The second kappa shape index (κ2) is 12.4. The summed E-state index contributed by atoms with van der Waals surface area (Å²) in [7, 11) is 4.15. The van der Waals surface area contributed by atoms with Crippen LogP contribution in [0.25, 0.3) is 0 Å². The molecule has 0 aliphatic carbocycles. The van der Waals surface area contributed by atoms with Crippen LogP contribution < -0.4 is 11.1 Å². The zero-order valence-electron chi connectivity index (χ0n) is 21.8. The van der Waals surface area contributed by atoms with Crippen LogP contribution in [0.5, 0.6) is 0 Å². The number of quaternary nitrogens is 1. The molecule has 2 aromatic rings. The topological polar surface area (TPSA) is 173 Å². The molecule has 2 aromatic heterocycles. The summed E-state index contributed by atoms with van der Waals surface area (Å²) in [5.41, 5.74) is 8.66. The second-order valence-corrected chi connectivity index (χ2v) is 12.4. The molecule has 0 spiro atoms. The lowest BCUT2D eigenvalue weighted by molar-refractivity contribution is -0.897. The number of nitrogen functional groups attached to an aromatic ring is 1. The highest BCUT2D eigenvalue weighted by atomic mass is 32.2. The van der Waals surface area contributed by atoms with Gasteiger partial charge in [0.05, 0.1) is 36.7 Å². The van der Waals surface area contributed by atoms with E-state index < -0.39 is 42.0 Å². The number of hydrogen-bond donors (Lipinski definition) is 3. The van der Waals surface area contributed by atoms with Gasteiger partial charge in [0.25, 0.3) is 11.8 Å². The smallest absolute Gasteiger partial charge is 0.352 e. The van der Waals surface area contributed by atoms with Gasteiger partial charge < -0.3 is 25.5 Å². The van der Waals surface area contributed by atoms with Crippen molar-refractivity contribution in [2.45, 2.75) is 31.1 Å². The van der Waals surface area contributed by atoms with E-state index >= 15 is 0 Å². The maximum absolute atomic E-state index is 14.0. The first kappa shape index (κ1) is 29.6. The highest BCUT2D eigenvalue weighted by Crippen LogP contribution is 2.40. The molecule has 0 bridgehead atoms. The van der Waals surface area contributed by atoms with E-state index in [1.165, 1.54) is 21.5 Å². The normalized spacial score (nSPS) is 20.1. The lowest BCUT2D eigenvalue weighted by atomic mass is 10.0. The molecule has 4 N–H and O–H groups in total. The van der Waals surface area contributed by atoms with E-state index in [0.29, 0.717) is 22.4 Å². The van der Waals surface area contributed by atoms with Crippen LogP contribution in [-0.2, 0) is 25.8 Å². The third-order valence-corrected chi connectivity index (χ3v) is 8.81. The summed E-state index contributed by atoms with van der Waals surface area (Å²) in [4.78, 5) is 52.3. The minimum Gasteiger partial charge on any atom is -0.477 e. The predicted molar refractivity (Wildman–Crippen MR) is 149 cm³/mol. The third-order valence-electron chi connectivity index (χ3n) is 6.04. The number of halogens is 1. The number of aromatic nitrogens is 3. The lowest BCUT2D eigenvalue weighted by Crippen LogP contribution is -2.70. The molecule has 3 atom stereocenters. The fourth-order valence-corrected chi connectivity index (χ4v) is 6.80. The summed E-state index contributed by atoms with van der Waals surface area (Å²) < 4.78 is 18.3. The van der Waals surface area contributed by atoms with Crippen LogP contribution in [-0.4, -0.2) is 97.2 Å². The monoisotopic (exact) mass is 611 g/mol. The molecule has 1 fully saturated rings. The van der Waals surface area contributed by atoms with Crippen molar-refractivity contribution in [3.8, 4) is 0 Å². The summed E-state index contributed by atoms with van der Waals surface area (Å²) >= 11 is 3.80. The summed E-state index contributed by atoms with van der Waals surface area (Å²) in [5.74, 6) is -2.29. The first-order valence-electron chi connectivity index (χ1n) is 11.9. The van der Waals surface area contributed by atoms with Gasteiger partial charge in [0, 0.05) is 17.3 Å². The number of thiazole rings is 1. The van der Waals surface area contributed by atoms with E-state index in [-0.39, 0.29) is 16.7 Å². The molecule has 1 unspecified atom stereocenters. The Balaban J connectivity index is 1.31. The van der Waals surface area contributed by atoms with Gasteiger partial charge in [-0.3, -0.25) is 14.5 Å². The highest BCUT2D eigenvalue weighted by molar-refractivity contribution is 8.00. The molecule has 2 aliphatic rings. The third kappa shape index (κ3) is 6.83. The van der Waals surface area contributed by atoms with E-state index in [9.17, 15) is 23.9 Å². The van der Waals surface area contributed by atoms with Gasteiger partial charge in [-0.15, -0.1) is 23.1 Å². The predicted octanol–water partition coefficient (Wildman–Crippen LogP) is 1.47. The number of anilines is 1. The Hall–Kier alpha value is -3.41. The van der Waals surface area contributed by atoms with Gasteiger partial charge in [-0.2, -0.15) is 4.37 Å². The number of likely N-dealkylation sites (N-methyl/N-ethyl adjacent to an activating group) is 1. The molecule has 0 aromatic carbocycles. The van der Waals surface area contributed by atoms with Crippen LogP contribution in [0.3, 0.4) is 0 Å². The van der Waals surface area contributed by atoms with Crippen LogP contribution >= 0.6 is 34.6 Å². The average molecular weight is 612 g/mol. The number of hydrogen-bond acceptors (Lipinski definition) is 12. The van der Waals surface area contributed by atoms with E-state index in [1.54, 1.807) is 17.4 Å². The summed E-state index contributed by atoms with van der Waals surface area (Å²) in [6.45, 7) is 2.88. The fraction of sp³-hybridized carbons (Fsp3) is 0.435. The number of amides is 2. The first-order chi connectivity index (χ1) is 19.0. The number of aliphatic carboxylic acids is 1. The Morgan fingerprint density at radius 1 is 1.45 bits per heavy atom. The molecule has 13 nitrogen and oxygen atoms in total. The highest BCUT2D eigenvalue weighted by Gasteiger charge is 2.53. The van der Waals surface area contributed by atoms with E-state index in [4.69, 9.17) is 10.6 Å². The standard InChI is InChI=1S/C23H27FN8O5S3/c1-12-15(39-11-26-12)8-32(2,3)6-4-5-13-10-38-21-17(20(34)31(21)18(13)22(35)36)28-16(33)7-27-37-9-14(24)19-29-23(25)40-30-19/h4-5,7,11,14,17,21H,6,8-10H2,1-3H3,(H3-,25,28,29,30,33,35,36)/p+1/t14?,17-,21+/m1/s1. The van der Waals surface area contributed by atoms with Gasteiger partial charge in [-0.25, -0.2) is 19.2 Å². The molecular weight excluding hydrogens is 584 g/mol. The number of carboxylic acid groups (broad SMARTS) is 1. The van der Waals surface area contributed by atoms with Crippen molar-refractivity contribution in [2.75, 3.05) is 38.7 Å². The number of fused-ring (bicyclic) bond motifs is 1.